The van der Waals surface area contributed by atoms with Gasteiger partial charge in [0, 0.05) is 25.0 Å². The first-order valence-corrected chi connectivity index (χ1v) is 9.30. The van der Waals surface area contributed by atoms with Crippen LogP contribution < -0.4 is 10.2 Å². The van der Waals surface area contributed by atoms with Crippen molar-refractivity contribution in [3.8, 4) is 0 Å². The van der Waals surface area contributed by atoms with Crippen molar-refractivity contribution in [2.45, 2.75) is 51.0 Å². The molecule has 1 saturated carbocycles. The summed E-state index contributed by atoms with van der Waals surface area (Å²) >= 11 is 0. The summed E-state index contributed by atoms with van der Waals surface area (Å²) in [4.78, 5) is 22.8. The van der Waals surface area contributed by atoms with E-state index in [-0.39, 0.29) is 11.8 Å². The molecule has 1 aromatic carbocycles. The van der Waals surface area contributed by atoms with Crippen molar-refractivity contribution in [2.75, 3.05) is 18.0 Å². The van der Waals surface area contributed by atoms with Gasteiger partial charge in [-0.15, -0.1) is 0 Å². The smallest absolute Gasteiger partial charge is 0.223 e. The zero-order valence-electron chi connectivity index (χ0n) is 14.1. The molecule has 0 unspecified atom stereocenters. The van der Waals surface area contributed by atoms with E-state index in [1.165, 1.54) is 19.3 Å². The molecule has 1 aromatic heterocycles. The standard InChI is InChI=1S/C19H26N4O/c24-18(20-15-6-2-1-3-7-15)14-10-12-23(13-11-14)19-21-16-8-4-5-9-17(16)22-19/h4-5,8-9,14-15H,1-3,6-7,10-13H2,(H,20,24)(H,21,22). The molecule has 2 N–H and O–H groups in total. The third-order valence-corrected chi connectivity index (χ3v) is 5.49. The third-order valence-electron chi connectivity index (χ3n) is 5.49. The Morgan fingerprint density at radius 2 is 1.83 bits per heavy atom. The van der Waals surface area contributed by atoms with Crippen molar-refractivity contribution >= 4 is 22.9 Å². The first-order valence-electron chi connectivity index (χ1n) is 9.30. The Balaban J connectivity index is 1.33. The molecular formula is C19H26N4O. The third kappa shape index (κ3) is 3.25. The lowest BCUT2D eigenvalue weighted by molar-refractivity contribution is -0.126. The molecule has 0 spiro atoms. The van der Waals surface area contributed by atoms with Gasteiger partial charge in [-0.1, -0.05) is 31.4 Å². The van der Waals surface area contributed by atoms with E-state index in [0.29, 0.717) is 6.04 Å². The SMILES string of the molecule is O=C(NC1CCCCC1)C1CCN(c2nc3ccccc3[nH]2)CC1. The number of aromatic amines is 1. The summed E-state index contributed by atoms with van der Waals surface area (Å²) in [6, 6.07) is 8.52. The van der Waals surface area contributed by atoms with Crippen LogP contribution >= 0.6 is 0 Å². The second-order valence-corrected chi connectivity index (χ2v) is 7.18. The number of H-pyrrole nitrogens is 1. The van der Waals surface area contributed by atoms with Crippen LogP contribution in [-0.2, 0) is 4.79 Å². The number of benzene rings is 1. The van der Waals surface area contributed by atoms with Crippen LogP contribution in [0.4, 0.5) is 5.95 Å². The number of aromatic nitrogens is 2. The summed E-state index contributed by atoms with van der Waals surface area (Å²) in [5, 5.41) is 3.28. The Kier molecular flexibility index (Phi) is 4.41. The average molecular weight is 326 g/mol. The highest BCUT2D eigenvalue weighted by Crippen LogP contribution is 2.24. The summed E-state index contributed by atoms with van der Waals surface area (Å²) in [5.74, 6) is 1.36. The van der Waals surface area contributed by atoms with Gasteiger partial charge in [0.15, 0.2) is 0 Å². The minimum absolute atomic E-state index is 0.160. The highest BCUT2D eigenvalue weighted by atomic mass is 16.1. The normalized spacial score (nSPS) is 20.4. The van der Waals surface area contributed by atoms with Crippen LogP contribution in [0.2, 0.25) is 0 Å². The molecule has 2 heterocycles. The lowest BCUT2D eigenvalue weighted by atomic mass is 9.92. The maximum absolute atomic E-state index is 12.5. The molecular weight excluding hydrogens is 300 g/mol. The van der Waals surface area contributed by atoms with Crippen molar-refractivity contribution in [3.63, 3.8) is 0 Å². The van der Waals surface area contributed by atoms with Gasteiger partial charge in [0.1, 0.15) is 0 Å². The summed E-state index contributed by atoms with van der Waals surface area (Å²) in [6.45, 7) is 1.78. The largest absolute Gasteiger partial charge is 0.353 e. The second-order valence-electron chi connectivity index (χ2n) is 7.18. The maximum Gasteiger partial charge on any atom is 0.223 e. The van der Waals surface area contributed by atoms with Crippen molar-refractivity contribution in [3.05, 3.63) is 24.3 Å². The van der Waals surface area contributed by atoms with E-state index < -0.39 is 0 Å². The molecule has 2 fully saturated rings. The first kappa shape index (κ1) is 15.5. The van der Waals surface area contributed by atoms with Crippen LogP contribution in [0, 0.1) is 5.92 Å². The molecule has 0 bridgehead atoms. The van der Waals surface area contributed by atoms with Gasteiger partial charge in [-0.05, 0) is 37.8 Å². The Morgan fingerprint density at radius 1 is 1.08 bits per heavy atom. The van der Waals surface area contributed by atoms with Crippen molar-refractivity contribution in [2.24, 2.45) is 5.92 Å². The molecule has 4 rings (SSSR count). The fourth-order valence-corrected chi connectivity index (χ4v) is 4.01. The lowest BCUT2D eigenvalue weighted by Crippen LogP contribution is -2.44. The number of carbonyl (C=O) groups is 1. The highest BCUT2D eigenvalue weighted by molar-refractivity contribution is 5.80. The van der Waals surface area contributed by atoms with Crippen LogP contribution in [0.1, 0.15) is 44.9 Å². The Labute approximate surface area is 142 Å². The van der Waals surface area contributed by atoms with Gasteiger partial charge in [0.25, 0.3) is 0 Å². The summed E-state index contributed by atoms with van der Waals surface area (Å²) in [7, 11) is 0. The van der Waals surface area contributed by atoms with Crippen molar-refractivity contribution in [1.82, 2.24) is 15.3 Å². The highest BCUT2D eigenvalue weighted by Gasteiger charge is 2.28. The Hall–Kier alpha value is -2.04. The van der Waals surface area contributed by atoms with Crippen molar-refractivity contribution < 1.29 is 4.79 Å². The lowest BCUT2D eigenvalue weighted by Gasteiger charge is -2.32. The van der Waals surface area contributed by atoms with Crippen LogP contribution in [0.25, 0.3) is 11.0 Å². The van der Waals surface area contributed by atoms with Gasteiger partial charge >= 0.3 is 0 Å². The molecule has 128 valence electrons. The molecule has 2 aliphatic rings. The van der Waals surface area contributed by atoms with Crippen LogP contribution in [0.3, 0.4) is 0 Å². The summed E-state index contributed by atoms with van der Waals surface area (Å²) in [5.41, 5.74) is 2.08. The molecule has 2 aromatic rings. The quantitative estimate of drug-likeness (QED) is 0.910. The topological polar surface area (TPSA) is 61.0 Å². The fraction of sp³-hybridized carbons (Fsp3) is 0.579. The van der Waals surface area contributed by atoms with Crippen molar-refractivity contribution in [1.29, 1.82) is 0 Å². The predicted molar refractivity (Wildman–Crippen MR) is 96.0 cm³/mol. The number of hydrogen-bond acceptors (Lipinski definition) is 3. The molecule has 5 heteroatoms. The van der Waals surface area contributed by atoms with Crippen LogP contribution in [-0.4, -0.2) is 35.0 Å². The number of piperidine rings is 1. The van der Waals surface area contributed by atoms with Gasteiger partial charge < -0.3 is 15.2 Å². The predicted octanol–water partition coefficient (Wildman–Crippen LogP) is 3.23. The Morgan fingerprint density at radius 3 is 2.58 bits per heavy atom. The number of rotatable bonds is 3. The average Bonchev–Trinajstić information content (AvgIpc) is 3.07. The van der Waals surface area contributed by atoms with Crippen LogP contribution in [0.15, 0.2) is 24.3 Å². The molecule has 1 saturated heterocycles. The number of imidazole rings is 1. The molecule has 0 radical (unpaired) electrons. The van der Waals surface area contributed by atoms with E-state index in [0.717, 1.165) is 55.8 Å². The zero-order chi connectivity index (χ0) is 16.4. The Bertz CT molecular complexity index is 663. The molecule has 1 aliphatic heterocycles. The van der Waals surface area contributed by atoms with Gasteiger partial charge in [-0.2, -0.15) is 0 Å². The number of para-hydroxylation sites is 2. The number of nitrogens with zero attached hydrogens (tertiary/aromatic N) is 2. The van der Waals surface area contributed by atoms with E-state index in [1.807, 2.05) is 18.2 Å². The number of fused-ring (bicyclic) bond motifs is 1. The van der Waals surface area contributed by atoms with Gasteiger partial charge in [-0.25, -0.2) is 4.98 Å². The van der Waals surface area contributed by atoms with E-state index in [4.69, 9.17) is 0 Å². The van der Waals surface area contributed by atoms with Gasteiger partial charge in [-0.3, -0.25) is 4.79 Å². The van der Waals surface area contributed by atoms with E-state index in [9.17, 15) is 4.79 Å². The number of carbonyl (C=O) groups excluding carboxylic acids is 1. The molecule has 1 amide bonds. The zero-order valence-corrected chi connectivity index (χ0v) is 14.1. The van der Waals surface area contributed by atoms with Gasteiger partial charge in [0.05, 0.1) is 11.0 Å². The molecule has 5 nitrogen and oxygen atoms in total. The second kappa shape index (κ2) is 6.83. The number of anilines is 1. The molecule has 24 heavy (non-hydrogen) atoms. The summed E-state index contributed by atoms with van der Waals surface area (Å²) < 4.78 is 0. The van der Waals surface area contributed by atoms with E-state index in [2.05, 4.69) is 26.3 Å². The van der Waals surface area contributed by atoms with Crippen LogP contribution in [0.5, 0.6) is 0 Å². The van der Waals surface area contributed by atoms with E-state index in [1.54, 1.807) is 0 Å². The monoisotopic (exact) mass is 326 g/mol. The fourth-order valence-electron chi connectivity index (χ4n) is 4.01. The maximum atomic E-state index is 12.5. The molecule has 1 aliphatic carbocycles. The minimum Gasteiger partial charge on any atom is -0.353 e. The number of amides is 1. The molecule has 0 atom stereocenters. The number of nitrogens with one attached hydrogen (secondary N) is 2. The van der Waals surface area contributed by atoms with Gasteiger partial charge in [0.2, 0.25) is 11.9 Å². The summed E-state index contributed by atoms with van der Waals surface area (Å²) in [6.07, 6.45) is 7.98. The first-order chi connectivity index (χ1) is 11.8. The minimum atomic E-state index is 0.160. The number of hydrogen-bond donors (Lipinski definition) is 2. The van der Waals surface area contributed by atoms with E-state index >= 15 is 0 Å².